The standard InChI is InChI=1S/C23H26O2SSi/c1-23(25-27(2,3)4,17-22(24)26-21-12-6-5-7-13-21)20-15-14-18-10-8-9-11-19(18)16-20/h5-16H,17H2,1-4H3. The number of carbonyl (C=O) groups excluding carboxylic acids is 1. The predicted molar refractivity (Wildman–Crippen MR) is 118 cm³/mol. The topological polar surface area (TPSA) is 26.3 Å². The number of hydrogen-bond acceptors (Lipinski definition) is 3. The van der Waals surface area contributed by atoms with Crippen molar-refractivity contribution in [3.8, 4) is 0 Å². The smallest absolute Gasteiger partial charge is 0.196 e. The molecule has 0 fully saturated rings. The Morgan fingerprint density at radius 3 is 2.22 bits per heavy atom. The van der Waals surface area contributed by atoms with Crippen LogP contribution < -0.4 is 0 Å². The molecule has 27 heavy (non-hydrogen) atoms. The zero-order valence-corrected chi connectivity index (χ0v) is 18.2. The van der Waals surface area contributed by atoms with E-state index in [9.17, 15) is 4.79 Å². The van der Waals surface area contributed by atoms with E-state index in [1.807, 2.05) is 42.5 Å². The van der Waals surface area contributed by atoms with Crippen molar-refractivity contribution in [1.82, 2.24) is 0 Å². The quantitative estimate of drug-likeness (QED) is 0.347. The van der Waals surface area contributed by atoms with Crippen LogP contribution in [-0.4, -0.2) is 13.4 Å². The molecule has 0 heterocycles. The van der Waals surface area contributed by atoms with Gasteiger partial charge < -0.3 is 4.43 Å². The van der Waals surface area contributed by atoms with Crippen molar-refractivity contribution in [2.24, 2.45) is 0 Å². The number of rotatable bonds is 6. The van der Waals surface area contributed by atoms with E-state index in [1.54, 1.807) is 0 Å². The van der Waals surface area contributed by atoms with E-state index < -0.39 is 13.9 Å². The van der Waals surface area contributed by atoms with Gasteiger partial charge in [0.15, 0.2) is 13.4 Å². The van der Waals surface area contributed by atoms with Crippen molar-refractivity contribution in [1.29, 1.82) is 0 Å². The maximum Gasteiger partial charge on any atom is 0.196 e. The number of hydrogen-bond donors (Lipinski definition) is 0. The van der Waals surface area contributed by atoms with Crippen LogP contribution in [0.4, 0.5) is 0 Å². The summed E-state index contributed by atoms with van der Waals surface area (Å²) in [7, 11) is -1.86. The summed E-state index contributed by atoms with van der Waals surface area (Å²) in [5.41, 5.74) is 0.429. The molecule has 3 aromatic rings. The first-order valence-electron chi connectivity index (χ1n) is 9.20. The Morgan fingerprint density at radius 2 is 1.56 bits per heavy atom. The fourth-order valence-electron chi connectivity index (χ4n) is 3.32. The van der Waals surface area contributed by atoms with E-state index >= 15 is 0 Å². The molecule has 0 aliphatic carbocycles. The molecule has 2 nitrogen and oxygen atoms in total. The van der Waals surface area contributed by atoms with Gasteiger partial charge in [-0.1, -0.05) is 66.4 Å². The molecule has 0 saturated heterocycles. The molecule has 0 aromatic heterocycles. The number of benzene rings is 3. The summed E-state index contributed by atoms with van der Waals surface area (Å²) in [5, 5.41) is 2.49. The zero-order valence-electron chi connectivity index (χ0n) is 16.4. The number of thioether (sulfide) groups is 1. The molecule has 3 aromatic carbocycles. The molecule has 0 saturated carbocycles. The fourth-order valence-corrected chi connectivity index (χ4v) is 5.77. The predicted octanol–water partition coefficient (Wildman–Crippen LogP) is 6.62. The highest BCUT2D eigenvalue weighted by Gasteiger charge is 2.35. The van der Waals surface area contributed by atoms with Gasteiger partial charge in [0.25, 0.3) is 0 Å². The van der Waals surface area contributed by atoms with E-state index in [0.717, 1.165) is 10.5 Å². The van der Waals surface area contributed by atoms with Gasteiger partial charge in [0.2, 0.25) is 0 Å². The third kappa shape index (κ3) is 5.31. The summed E-state index contributed by atoms with van der Waals surface area (Å²) in [6.07, 6.45) is 0.342. The van der Waals surface area contributed by atoms with E-state index in [-0.39, 0.29) is 5.12 Å². The third-order valence-corrected chi connectivity index (χ3v) is 6.29. The minimum atomic E-state index is -1.86. The van der Waals surface area contributed by atoms with Crippen molar-refractivity contribution in [2.75, 3.05) is 0 Å². The molecule has 4 heteroatoms. The summed E-state index contributed by atoms with van der Waals surface area (Å²) >= 11 is 1.29. The van der Waals surface area contributed by atoms with Gasteiger partial charge in [0.1, 0.15) is 0 Å². The minimum Gasteiger partial charge on any atom is -0.408 e. The summed E-state index contributed by atoms with van der Waals surface area (Å²) in [6, 6.07) is 24.5. The van der Waals surface area contributed by atoms with Crippen molar-refractivity contribution >= 4 is 36.0 Å². The summed E-state index contributed by atoms with van der Waals surface area (Å²) in [4.78, 5) is 13.8. The van der Waals surface area contributed by atoms with Crippen molar-refractivity contribution < 1.29 is 9.22 Å². The van der Waals surface area contributed by atoms with Crippen LogP contribution >= 0.6 is 11.8 Å². The number of carbonyl (C=O) groups is 1. The first-order valence-corrected chi connectivity index (χ1v) is 13.4. The lowest BCUT2D eigenvalue weighted by molar-refractivity contribution is -0.114. The molecule has 0 amide bonds. The highest BCUT2D eigenvalue weighted by Crippen LogP contribution is 2.37. The van der Waals surface area contributed by atoms with Crippen molar-refractivity contribution in [3.05, 3.63) is 78.4 Å². The van der Waals surface area contributed by atoms with Crippen LogP contribution in [0.1, 0.15) is 18.9 Å². The molecular formula is C23H26O2SSi. The molecule has 0 bridgehead atoms. The van der Waals surface area contributed by atoms with E-state index in [4.69, 9.17) is 4.43 Å². The van der Waals surface area contributed by atoms with E-state index in [2.05, 4.69) is 56.9 Å². The molecule has 0 N–H and O–H groups in total. The van der Waals surface area contributed by atoms with Gasteiger partial charge in [-0.3, -0.25) is 4.79 Å². The lowest BCUT2D eigenvalue weighted by Gasteiger charge is -2.36. The van der Waals surface area contributed by atoms with Crippen LogP contribution in [-0.2, 0) is 14.8 Å². The Labute approximate surface area is 167 Å². The summed E-state index contributed by atoms with van der Waals surface area (Å²) in [5.74, 6) is 0. The van der Waals surface area contributed by atoms with Gasteiger partial charge in [-0.05, 0) is 61.1 Å². The summed E-state index contributed by atoms with van der Waals surface area (Å²) < 4.78 is 6.57. The third-order valence-electron chi connectivity index (χ3n) is 4.35. The average molecular weight is 395 g/mol. The molecule has 3 rings (SSSR count). The second-order valence-corrected chi connectivity index (χ2v) is 13.5. The average Bonchev–Trinajstić information content (AvgIpc) is 2.60. The highest BCUT2D eigenvalue weighted by molar-refractivity contribution is 8.13. The van der Waals surface area contributed by atoms with Gasteiger partial charge in [-0.2, -0.15) is 0 Å². The Kier molecular flexibility index (Phi) is 5.89. The first-order chi connectivity index (χ1) is 12.8. The van der Waals surface area contributed by atoms with Crippen LogP contribution in [0.3, 0.4) is 0 Å². The van der Waals surface area contributed by atoms with Gasteiger partial charge in [0.05, 0.1) is 5.60 Å². The lowest BCUT2D eigenvalue weighted by Crippen LogP contribution is -2.39. The van der Waals surface area contributed by atoms with Crippen molar-refractivity contribution in [3.63, 3.8) is 0 Å². The Balaban J connectivity index is 1.91. The molecule has 0 spiro atoms. The monoisotopic (exact) mass is 394 g/mol. The highest BCUT2D eigenvalue weighted by atomic mass is 32.2. The van der Waals surface area contributed by atoms with Crippen LogP contribution in [0.15, 0.2) is 77.7 Å². The van der Waals surface area contributed by atoms with Gasteiger partial charge in [0, 0.05) is 11.3 Å². The molecule has 0 aliphatic rings. The SMILES string of the molecule is CC(CC(=O)Sc1ccccc1)(O[Si](C)(C)C)c1ccc2ccccc2c1. The molecule has 0 aliphatic heterocycles. The molecule has 1 atom stereocenters. The number of fused-ring (bicyclic) bond motifs is 1. The lowest BCUT2D eigenvalue weighted by atomic mass is 9.91. The fraction of sp³-hybridized carbons (Fsp3) is 0.261. The molecule has 140 valence electrons. The maximum atomic E-state index is 12.8. The Bertz CT molecular complexity index is 934. The Hall–Kier alpha value is -1.88. The van der Waals surface area contributed by atoms with E-state index in [0.29, 0.717) is 6.42 Å². The zero-order chi connectivity index (χ0) is 19.5. The maximum absolute atomic E-state index is 12.8. The van der Waals surface area contributed by atoms with Crippen LogP contribution in [0.25, 0.3) is 10.8 Å². The van der Waals surface area contributed by atoms with Crippen molar-refractivity contribution in [2.45, 2.75) is 43.5 Å². The second-order valence-electron chi connectivity index (χ2n) is 7.97. The summed E-state index contributed by atoms with van der Waals surface area (Å²) in [6.45, 7) is 8.56. The molecule has 0 radical (unpaired) electrons. The first kappa shape index (κ1) is 19.9. The Morgan fingerprint density at radius 1 is 0.926 bits per heavy atom. The molecule has 1 unspecified atom stereocenters. The van der Waals surface area contributed by atoms with Crippen LogP contribution in [0.5, 0.6) is 0 Å². The molecular weight excluding hydrogens is 368 g/mol. The largest absolute Gasteiger partial charge is 0.408 e. The minimum absolute atomic E-state index is 0.120. The van der Waals surface area contributed by atoms with Gasteiger partial charge in [-0.15, -0.1) is 0 Å². The second kappa shape index (κ2) is 8.01. The van der Waals surface area contributed by atoms with E-state index in [1.165, 1.54) is 22.5 Å². The van der Waals surface area contributed by atoms with Crippen LogP contribution in [0.2, 0.25) is 19.6 Å². The normalized spacial score (nSPS) is 14.1. The van der Waals surface area contributed by atoms with Gasteiger partial charge >= 0.3 is 0 Å². The van der Waals surface area contributed by atoms with Gasteiger partial charge in [-0.25, -0.2) is 0 Å². The van der Waals surface area contributed by atoms with Crippen LogP contribution in [0, 0.1) is 0 Å².